The molecule has 1 saturated heterocycles. The van der Waals surface area contributed by atoms with Crippen LogP contribution in [0.25, 0.3) is 11.1 Å². The number of aliphatic carboxylic acids is 1. The Labute approximate surface area is 173 Å². The van der Waals surface area contributed by atoms with Crippen LogP contribution in [0.5, 0.6) is 0 Å². The summed E-state index contributed by atoms with van der Waals surface area (Å²) in [5.74, 6) is -2.14. The van der Waals surface area contributed by atoms with Gasteiger partial charge in [0.05, 0.1) is 5.92 Å². The van der Waals surface area contributed by atoms with E-state index in [0.717, 1.165) is 16.8 Å². The van der Waals surface area contributed by atoms with E-state index < -0.39 is 28.3 Å². The van der Waals surface area contributed by atoms with Crippen LogP contribution in [0.3, 0.4) is 0 Å². The molecule has 0 amide bonds. The molecule has 1 fully saturated rings. The van der Waals surface area contributed by atoms with E-state index in [1.807, 2.05) is 23.2 Å². The Bertz CT molecular complexity index is 837. The molecule has 1 aromatic heterocycles. The number of benzene rings is 1. The van der Waals surface area contributed by atoms with Crippen LogP contribution in [-0.4, -0.2) is 61.3 Å². The Morgan fingerprint density at radius 1 is 1.07 bits per heavy atom. The van der Waals surface area contributed by atoms with Gasteiger partial charge >= 0.3 is 5.97 Å². The van der Waals surface area contributed by atoms with E-state index in [9.17, 15) is 18.7 Å². The summed E-state index contributed by atoms with van der Waals surface area (Å²) >= 11 is -2.23. The molecular formula is C21H27N3O4S. The van der Waals surface area contributed by atoms with Gasteiger partial charge in [0.25, 0.3) is 0 Å². The predicted molar refractivity (Wildman–Crippen MR) is 114 cm³/mol. The molecule has 3 rings (SSSR count). The number of rotatable bonds is 7. The average Bonchev–Trinajstić information content (AvgIpc) is 2.72. The fourth-order valence-electron chi connectivity index (χ4n) is 3.85. The molecular weight excluding hydrogens is 390 g/mol. The third kappa shape index (κ3) is 5.01. The second-order valence-corrected chi connectivity index (χ2v) is 8.62. The number of anilines is 1. The third-order valence-corrected chi connectivity index (χ3v) is 6.42. The number of hydrogen-bond acceptors (Lipinski definition) is 5. The van der Waals surface area contributed by atoms with Crippen LogP contribution in [0, 0.1) is 11.8 Å². The zero-order chi connectivity index (χ0) is 21.0. The highest BCUT2D eigenvalue weighted by atomic mass is 32.2. The minimum absolute atomic E-state index is 0.230. The first-order chi connectivity index (χ1) is 13.9. The highest BCUT2D eigenvalue weighted by Gasteiger charge is 2.40. The lowest BCUT2D eigenvalue weighted by Gasteiger charge is -2.41. The van der Waals surface area contributed by atoms with E-state index in [0.29, 0.717) is 26.2 Å². The van der Waals surface area contributed by atoms with Crippen LogP contribution in [0.2, 0.25) is 0 Å². The lowest BCUT2D eigenvalue weighted by molar-refractivity contribution is -0.144. The molecule has 1 aliphatic heterocycles. The van der Waals surface area contributed by atoms with E-state index >= 15 is 0 Å². The molecule has 0 spiro atoms. The fourth-order valence-corrected chi connectivity index (χ4v) is 5.00. The first kappa shape index (κ1) is 21.4. The van der Waals surface area contributed by atoms with E-state index in [1.165, 1.54) is 0 Å². The van der Waals surface area contributed by atoms with Crippen LogP contribution in [0.1, 0.15) is 13.8 Å². The summed E-state index contributed by atoms with van der Waals surface area (Å²) in [4.78, 5) is 19.9. The Morgan fingerprint density at radius 2 is 1.72 bits per heavy atom. The van der Waals surface area contributed by atoms with Crippen LogP contribution in [0.15, 0.2) is 48.8 Å². The molecule has 0 radical (unpaired) electrons. The maximum absolute atomic E-state index is 12.0. The number of carboxylic acid groups (broad SMARTS) is 1. The molecule has 3 unspecified atom stereocenters. The van der Waals surface area contributed by atoms with Crippen molar-refractivity contribution in [2.24, 2.45) is 11.8 Å². The van der Waals surface area contributed by atoms with Crippen LogP contribution < -0.4 is 4.90 Å². The van der Waals surface area contributed by atoms with E-state index in [1.54, 1.807) is 20.0 Å². The van der Waals surface area contributed by atoms with Crippen molar-refractivity contribution in [1.29, 1.82) is 0 Å². The van der Waals surface area contributed by atoms with Gasteiger partial charge in [0.2, 0.25) is 0 Å². The van der Waals surface area contributed by atoms with Gasteiger partial charge in [0.15, 0.2) is 11.1 Å². The molecule has 2 heterocycles. The van der Waals surface area contributed by atoms with E-state index in [2.05, 4.69) is 34.1 Å². The smallest absolute Gasteiger partial charge is 0.309 e. The molecule has 29 heavy (non-hydrogen) atoms. The zero-order valence-corrected chi connectivity index (χ0v) is 17.5. The highest BCUT2D eigenvalue weighted by Crippen LogP contribution is 2.27. The Morgan fingerprint density at radius 3 is 2.21 bits per heavy atom. The number of pyridine rings is 1. The highest BCUT2D eigenvalue weighted by molar-refractivity contribution is 7.79. The van der Waals surface area contributed by atoms with Crippen LogP contribution in [0.4, 0.5) is 5.69 Å². The summed E-state index contributed by atoms with van der Waals surface area (Å²) in [5, 5.41) is 8.66. The first-order valence-electron chi connectivity index (χ1n) is 9.70. The van der Waals surface area contributed by atoms with Gasteiger partial charge in [0.1, 0.15) is 5.37 Å². The third-order valence-electron chi connectivity index (χ3n) is 5.42. The molecule has 2 aromatic rings. The zero-order valence-electron chi connectivity index (χ0n) is 16.6. The van der Waals surface area contributed by atoms with E-state index in [-0.39, 0.29) is 5.92 Å². The lowest BCUT2D eigenvalue weighted by Crippen LogP contribution is -2.55. The minimum Gasteiger partial charge on any atom is -0.481 e. The molecule has 7 nitrogen and oxygen atoms in total. The number of carboxylic acids is 1. The number of carbonyl (C=O) groups is 1. The topological polar surface area (TPSA) is 94.0 Å². The Hall–Kier alpha value is -2.29. The molecule has 1 aliphatic rings. The minimum atomic E-state index is -2.23. The molecule has 8 heteroatoms. The summed E-state index contributed by atoms with van der Waals surface area (Å²) in [7, 11) is 0. The molecule has 156 valence electrons. The lowest BCUT2D eigenvalue weighted by atomic mass is 9.94. The van der Waals surface area contributed by atoms with Crippen molar-refractivity contribution < 1.29 is 18.7 Å². The van der Waals surface area contributed by atoms with Gasteiger partial charge in [-0.1, -0.05) is 32.0 Å². The van der Waals surface area contributed by atoms with Crippen molar-refractivity contribution in [3.8, 4) is 11.1 Å². The number of nitrogens with zero attached hydrogens (tertiary/aromatic N) is 3. The Kier molecular flexibility index (Phi) is 7.00. The molecule has 0 bridgehead atoms. The summed E-state index contributed by atoms with van der Waals surface area (Å²) in [6, 6.07) is 12.2. The maximum Gasteiger partial charge on any atom is 0.309 e. The van der Waals surface area contributed by atoms with Crippen molar-refractivity contribution >= 4 is 22.7 Å². The first-order valence-corrected chi connectivity index (χ1v) is 10.9. The largest absolute Gasteiger partial charge is 0.481 e. The molecule has 2 N–H and O–H groups in total. The van der Waals surface area contributed by atoms with Gasteiger partial charge < -0.3 is 14.6 Å². The second kappa shape index (κ2) is 9.47. The summed E-state index contributed by atoms with van der Waals surface area (Å²) < 4.78 is 21.8. The Balaban J connectivity index is 1.68. The molecule has 0 aliphatic carbocycles. The quantitative estimate of drug-likeness (QED) is 0.669. The molecule has 0 saturated carbocycles. The van der Waals surface area contributed by atoms with Crippen LogP contribution >= 0.6 is 0 Å². The number of hydrogen-bond donors (Lipinski definition) is 2. The SMILES string of the molecule is CC(C)C(C(=O)O)C(N1CCN(c2ccc(-c3cccnc3)cc2)CC1)S(=O)O. The van der Waals surface area contributed by atoms with Gasteiger partial charge in [-0.15, -0.1) is 0 Å². The van der Waals surface area contributed by atoms with Gasteiger partial charge in [0, 0.05) is 44.3 Å². The van der Waals surface area contributed by atoms with Crippen molar-refractivity contribution in [2.75, 3.05) is 31.1 Å². The molecule has 1 aromatic carbocycles. The van der Waals surface area contributed by atoms with Gasteiger partial charge in [-0.2, -0.15) is 0 Å². The van der Waals surface area contributed by atoms with Crippen molar-refractivity contribution in [2.45, 2.75) is 19.2 Å². The average molecular weight is 418 g/mol. The van der Waals surface area contributed by atoms with Crippen molar-refractivity contribution in [3.63, 3.8) is 0 Å². The maximum atomic E-state index is 12.0. The van der Waals surface area contributed by atoms with E-state index in [4.69, 9.17) is 0 Å². The van der Waals surface area contributed by atoms with Crippen molar-refractivity contribution in [1.82, 2.24) is 9.88 Å². The number of aromatic nitrogens is 1. The monoisotopic (exact) mass is 417 g/mol. The second-order valence-electron chi connectivity index (χ2n) is 7.59. The summed E-state index contributed by atoms with van der Waals surface area (Å²) in [6.07, 6.45) is 3.58. The summed E-state index contributed by atoms with van der Waals surface area (Å²) in [6.45, 7) is 5.97. The van der Waals surface area contributed by atoms with Gasteiger partial charge in [-0.25, -0.2) is 4.21 Å². The summed E-state index contributed by atoms with van der Waals surface area (Å²) in [5.41, 5.74) is 3.24. The van der Waals surface area contributed by atoms with Gasteiger partial charge in [-0.05, 0) is 35.2 Å². The van der Waals surface area contributed by atoms with Crippen LogP contribution in [-0.2, 0) is 15.9 Å². The molecule has 3 atom stereocenters. The normalized spacial score (nSPS) is 18.4. The standard InChI is InChI=1S/C21H27N3O4S/c1-15(2)19(21(25)26)20(29(27)28)24-12-10-23(11-13-24)18-7-5-16(6-8-18)17-4-3-9-22-14-17/h3-9,14-15,19-20H,10-13H2,1-2H3,(H,25,26)(H,27,28). The number of piperazine rings is 1. The predicted octanol–water partition coefficient (Wildman–Crippen LogP) is 2.78. The fraction of sp³-hybridized carbons (Fsp3) is 0.429. The van der Waals surface area contributed by atoms with Crippen molar-refractivity contribution in [3.05, 3.63) is 48.8 Å². The van der Waals surface area contributed by atoms with Gasteiger partial charge in [-0.3, -0.25) is 14.7 Å².